The number of ether oxygens (including phenoxy) is 1. The van der Waals surface area contributed by atoms with E-state index in [2.05, 4.69) is 15.3 Å². The second-order valence-electron chi connectivity index (χ2n) is 4.40. The van der Waals surface area contributed by atoms with Crippen LogP contribution in [0.25, 0.3) is 0 Å². The van der Waals surface area contributed by atoms with Gasteiger partial charge in [-0.25, -0.2) is 4.98 Å². The van der Waals surface area contributed by atoms with Gasteiger partial charge >= 0.3 is 0 Å². The molecule has 0 saturated heterocycles. The Hall–Kier alpha value is -1.98. The monoisotopic (exact) mass is 273 g/mol. The predicted octanol–water partition coefficient (Wildman–Crippen LogP) is 1.62. The number of nitrogens with one attached hydrogen (secondary N) is 2. The number of rotatable bonds is 6. The van der Waals surface area contributed by atoms with Crippen molar-refractivity contribution in [2.75, 3.05) is 13.7 Å². The van der Waals surface area contributed by atoms with Gasteiger partial charge in [0.05, 0.1) is 5.69 Å². The molecular weight excluding hydrogens is 254 g/mol. The van der Waals surface area contributed by atoms with Crippen molar-refractivity contribution < 1.29 is 4.74 Å². The van der Waals surface area contributed by atoms with Crippen LogP contribution in [-0.4, -0.2) is 23.6 Å². The van der Waals surface area contributed by atoms with Crippen molar-refractivity contribution in [3.63, 3.8) is 0 Å². The summed E-state index contributed by atoms with van der Waals surface area (Å²) in [6, 6.07) is 11.2. The second kappa shape index (κ2) is 6.98. The summed E-state index contributed by atoms with van der Waals surface area (Å²) in [5, 5.41) is 2.99. The van der Waals surface area contributed by atoms with E-state index in [0.717, 1.165) is 5.56 Å². The van der Waals surface area contributed by atoms with E-state index in [1.54, 1.807) is 0 Å². The summed E-state index contributed by atoms with van der Waals surface area (Å²) < 4.78 is 5.75. The third-order valence-corrected chi connectivity index (χ3v) is 2.85. The minimum Gasteiger partial charge on any atom is -0.366 e. The van der Waals surface area contributed by atoms with E-state index >= 15 is 0 Å². The van der Waals surface area contributed by atoms with Gasteiger partial charge in [0.1, 0.15) is 11.9 Å². The average Bonchev–Trinajstić information content (AvgIpc) is 2.45. The first-order valence-electron chi connectivity index (χ1n) is 6.66. The average molecular weight is 273 g/mol. The van der Waals surface area contributed by atoms with Crippen LogP contribution in [0.5, 0.6) is 0 Å². The minimum atomic E-state index is -0.356. The van der Waals surface area contributed by atoms with Crippen LogP contribution < -0.4 is 10.9 Å². The zero-order chi connectivity index (χ0) is 14.4. The summed E-state index contributed by atoms with van der Waals surface area (Å²) in [7, 11) is 1.82. The van der Waals surface area contributed by atoms with Gasteiger partial charge in [0.25, 0.3) is 5.56 Å². The van der Waals surface area contributed by atoms with Crippen LogP contribution in [0.2, 0.25) is 0 Å². The number of hydrogen-bond acceptors (Lipinski definition) is 4. The number of benzene rings is 1. The van der Waals surface area contributed by atoms with Crippen molar-refractivity contribution in [2.24, 2.45) is 0 Å². The molecule has 0 fully saturated rings. The Bertz CT molecular complexity index is 596. The Morgan fingerprint density at radius 3 is 2.75 bits per heavy atom. The van der Waals surface area contributed by atoms with Crippen LogP contribution >= 0.6 is 0 Å². The smallest absolute Gasteiger partial charge is 0.251 e. The van der Waals surface area contributed by atoms with Crippen molar-refractivity contribution in [1.82, 2.24) is 15.3 Å². The molecule has 1 heterocycles. The fourth-order valence-electron chi connectivity index (χ4n) is 2.05. The molecule has 1 unspecified atom stereocenters. The molecule has 106 valence electrons. The highest BCUT2D eigenvalue weighted by Gasteiger charge is 2.17. The fraction of sp³-hybridized carbons (Fsp3) is 0.333. The maximum absolute atomic E-state index is 11.7. The van der Waals surface area contributed by atoms with E-state index in [9.17, 15) is 4.79 Å². The molecular formula is C15H19N3O2. The lowest BCUT2D eigenvalue weighted by atomic mass is 10.1. The number of hydrogen-bond donors (Lipinski definition) is 2. The van der Waals surface area contributed by atoms with Gasteiger partial charge in [-0.15, -0.1) is 0 Å². The fourth-order valence-corrected chi connectivity index (χ4v) is 2.05. The maximum atomic E-state index is 11.7. The van der Waals surface area contributed by atoms with Crippen molar-refractivity contribution in [2.45, 2.75) is 19.6 Å². The molecule has 0 aliphatic heterocycles. The van der Waals surface area contributed by atoms with Crippen LogP contribution in [0.4, 0.5) is 0 Å². The first-order chi connectivity index (χ1) is 9.74. The van der Waals surface area contributed by atoms with Crippen molar-refractivity contribution in [1.29, 1.82) is 0 Å². The van der Waals surface area contributed by atoms with Crippen molar-refractivity contribution in [3.05, 3.63) is 63.8 Å². The molecule has 20 heavy (non-hydrogen) atoms. The highest BCUT2D eigenvalue weighted by atomic mass is 16.5. The zero-order valence-electron chi connectivity index (χ0n) is 11.7. The molecule has 0 saturated carbocycles. The van der Waals surface area contributed by atoms with E-state index < -0.39 is 0 Å². The topological polar surface area (TPSA) is 67.0 Å². The number of H-pyrrole nitrogens is 1. The summed E-state index contributed by atoms with van der Waals surface area (Å²) in [6.07, 6.45) is -0.356. The largest absolute Gasteiger partial charge is 0.366 e. The normalized spacial score (nSPS) is 12.3. The molecule has 0 spiro atoms. The maximum Gasteiger partial charge on any atom is 0.251 e. The SMILES string of the molecule is CCOC(c1ccccc1)c1nc(CNC)cc(=O)[nH]1. The number of aromatic amines is 1. The van der Waals surface area contributed by atoms with Gasteiger partial charge in [0.2, 0.25) is 0 Å². The Morgan fingerprint density at radius 1 is 1.35 bits per heavy atom. The van der Waals surface area contributed by atoms with Crippen LogP contribution in [0.1, 0.15) is 30.1 Å². The molecule has 2 rings (SSSR count). The lowest BCUT2D eigenvalue weighted by Crippen LogP contribution is -2.20. The molecule has 0 amide bonds. The van der Waals surface area contributed by atoms with Crippen LogP contribution in [0, 0.1) is 0 Å². The second-order valence-corrected chi connectivity index (χ2v) is 4.40. The van der Waals surface area contributed by atoms with Gasteiger partial charge in [-0.1, -0.05) is 30.3 Å². The number of aromatic nitrogens is 2. The molecule has 2 N–H and O–H groups in total. The van der Waals surface area contributed by atoms with Gasteiger partial charge in [-0.3, -0.25) is 4.79 Å². The first kappa shape index (κ1) is 14.4. The van der Waals surface area contributed by atoms with Crippen LogP contribution in [-0.2, 0) is 11.3 Å². The van der Waals surface area contributed by atoms with Crippen LogP contribution in [0.3, 0.4) is 0 Å². The predicted molar refractivity (Wildman–Crippen MR) is 77.5 cm³/mol. The summed E-state index contributed by atoms with van der Waals surface area (Å²) in [4.78, 5) is 19.0. The molecule has 2 aromatic rings. The molecule has 5 nitrogen and oxygen atoms in total. The molecule has 0 aliphatic carbocycles. The Balaban J connectivity index is 2.41. The van der Waals surface area contributed by atoms with E-state index in [-0.39, 0.29) is 11.7 Å². The summed E-state index contributed by atoms with van der Waals surface area (Å²) >= 11 is 0. The van der Waals surface area contributed by atoms with Crippen molar-refractivity contribution >= 4 is 0 Å². The highest BCUT2D eigenvalue weighted by Crippen LogP contribution is 2.22. The third kappa shape index (κ3) is 3.53. The molecule has 0 bridgehead atoms. The minimum absolute atomic E-state index is 0.166. The zero-order valence-corrected chi connectivity index (χ0v) is 11.7. The summed E-state index contributed by atoms with van der Waals surface area (Å²) in [5.74, 6) is 0.538. The molecule has 1 atom stereocenters. The van der Waals surface area contributed by atoms with Crippen LogP contribution in [0.15, 0.2) is 41.2 Å². The van der Waals surface area contributed by atoms with E-state index in [1.165, 1.54) is 6.07 Å². The highest BCUT2D eigenvalue weighted by molar-refractivity contribution is 5.23. The van der Waals surface area contributed by atoms with Gasteiger partial charge in [-0.2, -0.15) is 0 Å². The lowest BCUT2D eigenvalue weighted by molar-refractivity contribution is 0.0847. The third-order valence-electron chi connectivity index (χ3n) is 2.85. The Labute approximate surface area is 118 Å². The van der Waals surface area contributed by atoms with E-state index in [1.807, 2.05) is 44.3 Å². The van der Waals surface area contributed by atoms with Gasteiger partial charge in [0.15, 0.2) is 0 Å². The first-order valence-corrected chi connectivity index (χ1v) is 6.66. The Kier molecular flexibility index (Phi) is 5.03. The van der Waals surface area contributed by atoms with Gasteiger partial charge in [0, 0.05) is 19.2 Å². The summed E-state index contributed by atoms with van der Waals surface area (Å²) in [6.45, 7) is 3.01. The quantitative estimate of drug-likeness (QED) is 0.839. The number of nitrogens with zero attached hydrogens (tertiary/aromatic N) is 1. The van der Waals surface area contributed by atoms with Gasteiger partial charge < -0.3 is 15.0 Å². The lowest BCUT2D eigenvalue weighted by Gasteiger charge is -2.17. The molecule has 5 heteroatoms. The van der Waals surface area contributed by atoms with Gasteiger partial charge in [-0.05, 0) is 19.5 Å². The van der Waals surface area contributed by atoms with E-state index in [4.69, 9.17) is 4.74 Å². The van der Waals surface area contributed by atoms with Crippen molar-refractivity contribution in [3.8, 4) is 0 Å². The summed E-state index contributed by atoms with van der Waals surface area (Å²) in [5.41, 5.74) is 1.51. The molecule has 0 aliphatic rings. The standard InChI is InChI=1S/C15H19N3O2/c1-3-20-14(11-7-5-4-6-8-11)15-17-12(10-16-2)9-13(19)18-15/h4-9,14,16H,3,10H2,1-2H3,(H,17,18,19). The molecule has 0 radical (unpaired) electrons. The van der Waals surface area contributed by atoms with E-state index in [0.29, 0.717) is 24.7 Å². The molecule has 1 aromatic carbocycles. The Morgan fingerprint density at radius 2 is 2.10 bits per heavy atom. The molecule has 1 aromatic heterocycles.